The number of anilines is 1. The minimum absolute atomic E-state index is 0.0714. The Balaban J connectivity index is 1.55. The molecular weight excluding hydrogens is 478 g/mol. The minimum atomic E-state index is -0.0714. The lowest BCUT2D eigenvalue weighted by atomic mass is 9.99. The van der Waals surface area contributed by atoms with Crippen LogP contribution < -0.4 is 10.1 Å². The van der Waals surface area contributed by atoms with Crippen LogP contribution in [0.2, 0.25) is 0 Å². The Morgan fingerprint density at radius 2 is 1.70 bits per heavy atom. The highest BCUT2D eigenvalue weighted by molar-refractivity contribution is 7.99. The number of amides is 1. The molecule has 0 unspecified atom stereocenters. The largest absolute Gasteiger partial charge is 0.497 e. The molecule has 0 aliphatic rings. The zero-order chi connectivity index (χ0) is 26.2. The molecule has 0 saturated carbocycles. The second-order valence-corrected chi connectivity index (χ2v) is 9.95. The summed E-state index contributed by atoms with van der Waals surface area (Å²) in [6.45, 7) is 4.28. The highest BCUT2D eigenvalue weighted by atomic mass is 32.2. The smallest absolute Gasteiger partial charge is 0.225 e. The number of rotatable bonds is 9. The SMILES string of the molecule is COc1ccc(-c2cc(-c3ccccc3)nc(SCCC(=O)Nc3ccc(C(C)C)cc3)c2C#N)cc1. The van der Waals surface area contributed by atoms with Crippen LogP contribution in [-0.2, 0) is 4.79 Å². The Morgan fingerprint density at radius 3 is 2.32 bits per heavy atom. The first kappa shape index (κ1) is 26.0. The third-order valence-corrected chi connectivity index (χ3v) is 6.97. The number of benzene rings is 3. The second-order valence-electron chi connectivity index (χ2n) is 8.86. The Morgan fingerprint density at radius 1 is 1.00 bits per heavy atom. The molecule has 186 valence electrons. The van der Waals surface area contributed by atoms with Gasteiger partial charge < -0.3 is 10.1 Å². The summed E-state index contributed by atoms with van der Waals surface area (Å²) >= 11 is 1.42. The second kappa shape index (κ2) is 12.2. The Kier molecular flexibility index (Phi) is 8.60. The topological polar surface area (TPSA) is 75.0 Å². The van der Waals surface area contributed by atoms with E-state index in [1.807, 2.05) is 84.9 Å². The molecule has 0 bridgehead atoms. The van der Waals surface area contributed by atoms with Gasteiger partial charge in [0.05, 0.1) is 18.4 Å². The third kappa shape index (κ3) is 6.58. The number of nitriles is 1. The number of aromatic nitrogens is 1. The van der Waals surface area contributed by atoms with E-state index in [-0.39, 0.29) is 5.91 Å². The lowest BCUT2D eigenvalue weighted by Crippen LogP contribution is -2.12. The van der Waals surface area contributed by atoms with Crippen molar-refractivity contribution in [3.8, 4) is 34.2 Å². The van der Waals surface area contributed by atoms with Gasteiger partial charge in [0.2, 0.25) is 5.91 Å². The number of pyridine rings is 1. The van der Waals surface area contributed by atoms with Crippen molar-refractivity contribution < 1.29 is 9.53 Å². The lowest BCUT2D eigenvalue weighted by Gasteiger charge is -2.13. The maximum Gasteiger partial charge on any atom is 0.225 e. The van der Waals surface area contributed by atoms with E-state index < -0.39 is 0 Å². The van der Waals surface area contributed by atoms with Crippen molar-refractivity contribution in [3.63, 3.8) is 0 Å². The van der Waals surface area contributed by atoms with Gasteiger partial charge in [0, 0.05) is 29.0 Å². The van der Waals surface area contributed by atoms with Crippen molar-refractivity contribution in [2.75, 3.05) is 18.2 Å². The molecule has 1 N–H and O–H groups in total. The van der Waals surface area contributed by atoms with E-state index >= 15 is 0 Å². The zero-order valence-corrected chi connectivity index (χ0v) is 22.0. The van der Waals surface area contributed by atoms with E-state index in [4.69, 9.17) is 9.72 Å². The molecule has 37 heavy (non-hydrogen) atoms. The zero-order valence-electron chi connectivity index (χ0n) is 21.2. The average molecular weight is 508 g/mol. The van der Waals surface area contributed by atoms with Crippen molar-refractivity contribution in [1.82, 2.24) is 4.98 Å². The van der Waals surface area contributed by atoms with Crippen molar-refractivity contribution in [2.45, 2.75) is 31.2 Å². The summed E-state index contributed by atoms with van der Waals surface area (Å²) in [6, 6.07) is 29.8. The molecule has 6 heteroatoms. The molecule has 4 rings (SSSR count). The predicted octanol–water partition coefficient (Wildman–Crippen LogP) is 7.54. The Hall–Kier alpha value is -4.08. The van der Waals surface area contributed by atoms with E-state index in [2.05, 4.69) is 25.2 Å². The number of thioether (sulfide) groups is 1. The van der Waals surface area contributed by atoms with Crippen molar-refractivity contribution in [3.05, 3.63) is 96.1 Å². The molecule has 0 fully saturated rings. The summed E-state index contributed by atoms with van der Waals surface area (Å²) in [6.07, 6.45) is 0.302. The minimum Gasteiger partial charge on any atom is -0.497 e. The summed E-state index contributed by atoms with van der Waals surface area (Å²) in [7, 11) is 1.63. The van der Waals surface area contributed by atoms with Crippen LogP contribution >= 0.6 is 11.8 Å². The number of hydrogen-bond donors (Lipinski definition) is 1. The average Bonchev–Trinajstić information content (AvgIpc) is 2.93. The van der Waals surface area contributed by atoms with Crippen molar-refractivity contribution >= 4 is 23.4 Å². The van der Waals surface area contributed by atoms with Crippen LogP contribution in [0.4, 0.5) is 5.69 Å². The lowest BCUT2D eigenvalue weighted by molar-refractivity contribution is -0.115. The van der Waals surface area contributed by atoms with Gasteiger partial charge in [-0.05, 0) is 47.4 Å². The van der Waals surface area contributed by atoms with Gasteiger partial charge >= 0.3 is 0 Å². The van der Waals surface area contributed by atoms with Crippen molar-refractivity contribution in [2.24, 2.45) is 0 Å². The van der Waals surface area contributed by atoms with Gasteiger partial charge in [-0.15, -0.1) is 11.8 Å². The van der Waals surface area contributed by atoms with Gasteiger partial charge in [-0.3, -0.25) is 4.79 Å². The molecule has 0 aliphatic heterocycles. The number of hydrogen-bond acceptors (Lipinski definition) is 5. The van der Waals surface area contributed by atoms with Gasteiger partial charge in [-0.2, -0.15) is 5.26 Å². The van der Waals surface area contributed by atoms with Crippen LogP contribution in [0.15, 0.2) is 90.0 Å². The first-order valence-electron chi connectivity index (χ1n) is 12.2. The van der Waals surface area contributed by atoms with E-state index in [1.165, 1.54) is 17.3 Å². The van der Waals surface area contributed by atoms with E-state index in [1.54, 1.807) is 7.11 Å². The van der Waals surface area contributed by atoms with Crippen molar-refractivity contribution in [1.29, 1.82) is 5.26 Å². The van der Waals surface area contributed by atoms with E-state index in [0.29, 0.717) is 28.7 Å². The van der Waals surface area contributed by atoms with Crippen LogP contribution in [0.25, 0.3) is 22.4 Å². The molecule has 1 amide bonds. The van der Waals surface area contributed by atoms with Gasteiger partial charge in [0.1, 0.15) is 16.8 Å². The number of nitrogens with zero attached hydrogens (tertiary/aromatic N) is 2. The molecular formula is C31H29N3O2S. The fraction of sp³-hybridized carbons (Fsp3) is 0.194. The number of ether oxygens (including phenoxy) is 1. The van der Waals surface area contributed by atoms with Crippen LogP contribution in [0, 0.1) is 11.3 Å². The third-order valence-electron chi connectivity index (χ3n) is 6.00. The molecule has 0 atom stereocenters. The Labute approximate surface area is 222 Å². The summed E-state index contributed by atoms with van der Waals surface area (Å²) in [5, 5.41) is 13.7. The fourth-order valence-electron chi connectivity index (χ4n) is 3.90. The molecule has 5 nitrogen and oxygen atoms in total. The van der Waals surface area contributed by atoms with Gasteiger partial charge in [-0.25, -0.2) is 4.98 Å². The molecule has 0 spiro atoms. The first-order valence-corrected chi connectivity index (χ1v) is 13.1. The van der Waals surface area contributed by atoms with E-state index in [9.17, 15) is 10.1 Å². The molecule has 1 aromatic heterocycles. The molecule has 0 radical (unpaired) electrons. The number of carbonyl (C=O) groups excluding carboxylic acids is 1. The fourth-order valence-corrected chi connectivity index (χ4v) is 4.85. The Bertz CT molecular complexity index is 1390. The van der Waals surface area contributed by atoms with Gasteiger partial charge in [-0.1, -0.05) is 68.4 Å². The van der Waals surface area contributed by atoms with E-state index in [0.717, 1.165) is 33.8 Å². The van der Waals surface area contributed by atoms with Crippen LogP contribution in [-0.4, -0.2) is 23.8 Å². The van der Waals surface area contributed by atoms with Gasteiger partial charge in [0.25, 0.3) is 0 Å². The summed E-state index contributed by atoms with van der Waals surface area (Å²) in [5.41, 5.74) is 5.96. The summed E-state index contributed by atoms with van der Waals surface area (Å²) in [4.78, 5) is 17.4. The van der Waals surface area contributed by atoms with Crippen LogP contribution in [0.1, 0.15) is 37.3 Å². The number of methoxy groups -OCH3 is 1. The highest BCUT2D eigenvalue weighted by Crippen LogP contribution is 2.35. The molecule has 0 saturated heterocycles. The molecule has 0 aliphatic carbocycles. The standard InChI is InChI=1S/C31H29N3O2S/c1-21(2)22-9-13-25(14-10-22)33-30(35)17-18-37-31-28(20-32)27(23-11-15-26(36-3)16-12-23)19-29(34-31)24-7-5-4-6-8-24/h4-16,19,21H,17-18H2,1-3H3,(H,33,35). The number of carbonyl (C=O) groups is 1. The van der Waals surface area contributed by atoms with Gasteiger partial charge in [0.15, 0.2) is 0 Å². The van der Waals surface area contributed by atoms with Crippen LogP contribution in [0.3, 0.4) is 0 Å². The number of nitrogens with one attached hydrogen (secondary N) is 1. The summed E-state index contributed by atoms with van der Waals surface area (Å²) < 4.78 is 5.29. The predicted molar refractivity (Wildman–Crippen MR) is 151 cm³/mol. The molecule has 3 aromatic carbocycles. The monoisotopic (exact) mass is 507 g/mol. The molecule has 4 aromatic rings. The summed E-state index contributed by atoms with van der Waals surface area (Å²) in [5.74, 6) is 1.62. The maximum atomic E-state index is 12.6. The highest BCUT2D eigenvalue weighted by Gasteiger charge is 2.16. The van der Waals surface area contributed by atoms with Crippen LogP contribution in [0.5, 0.6) is 5.75 Å². The normalized spacial score (nSPS) is 10.7. The molecule has 1 heterocycles. The maximum absolute atomic E-state index is 12.6. The quantitative estimate of drug-likeness (QED) is 0.237. The first-order chi connectivity index (χ1) is 18.0.